The van der Waals surface area contributed by atoms with Crippen LogP contribution in [0, 0.1) is 0 Å². The molecule has 0 amide bonds. The maximum atomic E-state index is 5.17. The van der Waals surface area contributed by atoms with Crippen LogP contribution < -0.4 is 0 Å². The number of hydrogen-bond donors (Lipinski definition) is 0. The summed E-state index contributed by atoms with van der Waals surface area (Å²) in [7, 11) is 0. The number of fused-ring (bicyclic) bond motifs is 3. The molecule has 0 aliphatic heterocycles. The summed E-state index contributed by atoms with van der Waals surface area (Å²) < 4.78 is 2.39. The van der Waals surface area contributed by atoms with Crippen LogP contribution in [0.15, 0.2) is 206 Å². The fraction of sp³-hybridized carbons (Fsp3) is 0. The van der Waals surface area contributed by atoms with Gasteiger partial charge in [0, 0.05) is 33.0 Å². The van der Waals surface area contributed by atoms with Crippen molar-refractivity contribution in [3.8, 4) is 73.2 Å². The minimum atomic E-state index is 0.614. The van der Waals surface area contributed by atoms with E-state index < -0.39 is 0 Å². The highest BCUT2D eigenvalue weighted by Gasteiger charge is 2.19. The van der Waals surface area contributed by atoms with Gasteiger partial charge < -0.3 is 4.57 Å². The lowest BCUT2D eigenvalue weighted by molar-refractivity contribution is 1.07. The van der Waals surface area contributed by atoms with Gasteiger partial charge in [0.1, 0.15) is 0 Å². The molecule has 0 unspecified atom stereocenters. The van der Waals surface area contributed by atoms with E-state index in [1.54, 1.807) is 0 Å². The summed E-state index contributed by atoms with van der Waals surface area (Å²) in [6.45, 7) is 0. The average molecular weight is 703 g/mol. The summed E-state index contributed by atoms with van der Waals surface area (Å²) in [6.07, 6.45) is 0. The molecule has 10 rings (SSSR count). The van der Waals surface area contributed by atoms with E-state index in [1.165, 1.54) is 27.5 Å². The molecular formula is C51H34N4. The highest BCUT2D eigenvalue weighted by molar-refractivity contribution is 6.10. The molecule has 2 heterocycles. The molecule has 2 aromatic heterocycles. The lowest BCUT2D eigenvalue weighted by atomic mass is 9.96. The van der Waals surface area contributed by atoms with E-state index >= 15 is 0 Å². The highest BCUT2D eigenvalue weighted by atomic mass is 15.0. The molecule has 0 aliphatic rings. The fourth-order valence-electron chi connectivity index (χ4n) is 7.57. The van der Waals surface area contributed by atoms with Crippen molar-refractivity contribution in [2.75, 3.05) is 0 Å². The van der Waals surface area contributed by atoms with Gasteiger partial charge in [-0.1, -0.05) is 182 Å². The number of hydrogen-bond acceptors (Lipinski definition) is 3. The first-order valence-electron chi connectivity index (χ1n) is 18.5. The molecule has 0 bridgehead atoms. The maximum absolute atomic E-state index is 5.17. The van der Waals surface area contributed by atoms with Gasteiger partial charge >= 0.3 is 0 Å². The van der Waals surface area contributed by atoms with Crippen LogP contribution in [0.1, 0.15) is 0 Å². The van der Waals surface area contributed by atoms with Crippen molar-refractivity contribution in [3.63, 3.8) is 0 Å². The summed E-state index contributed by atoms with van der Waals surface area (Å²) in [4.78, 5) is 15.3. The van der Waals surface area contributed by atoms with Crippen molar-refractivity contribution in [2.45, 2.75) is 0 Å². The van der Waals surface area contributed by atoms with E-state index in [1.807, 2.05) is 36.4 Å². The number of rotatable bonds is 7. The molecule has 8 aromatic carbocycles. The molecule has 0 N–H and O–H groups in total. The van der Waals surface area contributed by atoms with Crippen molar-refractivity contribution in [1.29, 1.82) is 0 Å². The largest absolute Gasteiger partial charge is 0.309 e. The molecule has 0 radical (unpaired) electrons. The predicted octanol–water partition coefficient (Wildman–Crippen LogP) is 13.0. The van der Waals surface area contributed by atoms with E-state index in [4.69, 9.17) is 15.0 Å². The Morgan fingerprint density at radius 2 is 0.673 bits per heavy atom. The van der Waals surface area contributed by atoms with Gasteiger partial charge in [0.25, 0.3) is 0 Å². The van der Waals surface area contributed by atoms with Gasteiger partial charge in [-0.3, -0.25) is 0 Å². The Hall–Kier alpha value is -7.43. The minimum Gasteiger partial charge on any atom is -0.309 e. The Bertz CT molecular complexity index is 2900. The van der Waals surface area contributed by atoms with Gasteiger partial charge in [-0.25, -0.2) is 15.0 Å². The standard InChI is InChI=1S/C51H34N4/c1-4-15-35(16-5-1)37-27-29-39(30-28-37)50-52-49(38-19-8-3-9-20-38)53-51(54-50)42-31-32-43(41-22-14-21-40(33-41)36-17-6-2-7-18-36)48(34-42)55-46-25-12-10-23-44(46)45-24-11-13-26-47(45)55/h1-34H. The van der Waals surface area contributed by atoms with Crippen LogP contribution in [0.4, 0.5) is 0 Å². The first-order chi connectivity index (χ1) is 27.3. The number of benzene rings is 8. The zero-order valence-corrected chi connectivity index (χ0v) is 29.9. The third-order valence-corrected chi connectivity index (χ3v) is 10.3. The van der Waals surface area contributed by atoms with Crippen molar-refractivity contribution in [3.05, 3.63) is 206 Å². The Morgan fingerprint density at radius 3 is 1.27 bits per heavy atom. The molecule has 0 aliphatic carbocycles. The Labute approximate surface area is 319 Å². The van der Waals surface area contributed by atoms with E-state index in [-0.39, 0.29) is 0 Å². The molecule has 55 heavy (non-hydrogen) atoms. The summed E-state index contributed by atoms with van der Waals surface area (Å²) in [5, 5.41) is 2.42. The second-order valence-electron chi connectivity index (χ2n) is 13.7. The van der Waals surface area contributed by atoms with Gasteiger partial charge in [0.15, 0.2) is 17.5 Å². The zero-order valence-electron chi connectivity index (χ0n) is 29.9. The summed E-state index contributed by atoms with van der Waals surface area (Å²) in [5.74, 6) is 1.87. The third kappa shape index (κ3) is 6.06. The van der Waals surface area contributed by atoms with E-state index in [0.717, 1.165) is 50.1 Å². The van der Waals surface area contributed by atoms with Gasteiger partial charge in [-0.2, -0.15) is 0 Å². The molecule has 0 saturated heterocycles. The first-order valence-corrected chi connectivity index (χ1v) is 18.5. The van der Waals surface area contributed by atoms with Gasteiger partial charge in [0.2, 0.25) is 0 Å². The topological polar surface area (TPSA) is 43.6 Å². The molecule has 0 spiro atoms. The predicted molar refractivity (Wildman–Crippen MR) is 227 cm³/mol. The van der Waals surface area contributed by atoms with E-state index in [9.17, 15) is 0 Å². The lowest BCUT2D eigenvalue weighted by Crippen LogP contribution is -2.02. The monoisotopic (exact) mass is 702 g/mol. The SMILES string of the molecule is c1ccc(-c2ccc(-c3nc(-c4ccccc4)nc(-c4ccc(-c5cccc(-c6ccccc6)c5)c(-n5c6ccccc6c6ccccc65)c4)n3)cc2)cc1. The molecule has 258 valence electrons. The van der Waals surface area contributed by atoms with E-state index in [0.29, 0.717) is 17.5 Å². The van der Waals surface area contributed by atoms with Gasteiger partial charge in [-0.15, -0.1) is 0 Å². The maximum Gasteiger partial charge on any atom is 0.164 e. The average Bonchev–Trinajstić information content (AvgIpc) is 3.61. The van der Waals surface area contributed by atoms with E-state index in [2.05, 4.69) is 174 Å². The molecule has 0 saturated carbocycles. The normalized spacial score (nSPS) is 11.3. The Kier molecular flexibility index (Phi) is 8.12. The second kappa shape index (κ2) is 13.8. The molecular weight excluding hydrogens is 669 g/mol. The minimum absolute atomic E-state index is 0.614. The van der Waals surface area contributed by atoms with Gasteiger partial charge in [-0.05, 0) is 52.1 Å². The summed E-state index contributed by atoms with van der Waals surface area (Å²) in [5.41, 5.74) is 13.0. The van der Waals surface area contributed by atoms with Crippen molar-refractivity contribution < 1.29 is 0 Å². The fourth-order valence-corrected chi connectivity index (χ4v) is 7.57. The summed E-state index contributed by atoms with van der Waals surface area (Å²) in [6, 6.07) is 72.3. The second-order valence-corrected chi connectivity index (χ2v) is 13.7. The first kappa shape index (κ1) is 32.2. The van der Waals surface area contributed by atoms with Crippen LogP contribution in [0.5, 0.6) is 0 Å². The quantitative estimate of drug-likeness (QED) is 0.166. The molecule has 0 atom stereocenters. The molecule has 0 fully saturated rings. The lowest BCUT2D eigenvalue weighted by Gasteiger charge is -2.17. The number of aromatic nitrogens is 4. The van der Waals surface area contributed by atoms with Crippen LogP contribution in [0.3, 0.4) is 0 Å². The molecule has 4 heteroatoms. The van der Waals surface area contributed by atoms with Crippen molar-refractivity contribution in [2.24, 2.45) is 0 Å². The van der Waals surface area contributed by atoms with Crippen LogP contribution >= 0.6 is 0 Å². The Balaban J connectivity index is 1.19. The Morgan fingerprint density at radius 1 is 0.273 bits per heavy atom. The van der Waals surface area contributed by atoms with Crippen LogP contribution in [0.25, 0.3) is 95.0 Å². The van der Waals surface area contributed by atoms with Gasteiger partial charge in [0.05, 0.1) is 16.7 Å². The highest BCUT2D eigenvalue weighted by Crippen LogP contribution is 2.39. The summed E-state index contributed by atoms with van der Waals surface area (Å²) >= 11 is 0. The van der Waals surface area contributed by atoms with Crippen LogP contribution in [-0.4, -0.2) is 19.5 Å². The third-order valence-electron chi connectivity index (χ3n) is 10.3. The number of nitrogens with zero attached hydrogens (tertiary/aromatic N) is 4. The van der Waals surface area contributed by atoms with Crippen LogP contribution in [-0.2, 0) is 0 Å². The zero-order chi connectivity index (χ0) is 36.6. The van der Waals surface area contributed by atoms with Crippen molar-refractivity contribution >= 4 is 21.8 Å². The van der Waals surface area contributed by atoms with Crippen molar-refractivity contribution in [1.82, 2.24) is 19.5 Å². The molecule has 10 aromatic rings. The van der Waals surface area contributed by atoms with Crippen LogP contribution in [0.2, 0.25) is 0 Å². The smallest absolute Gasteiger partial charge is 0.164 e. The number of para-hydroxylation sites is 2. The molecule has 4 nitrogen and oxygen atoms in total.